The van der Waals surface area contributed by atoms with E-state index in [9.17, 15) is 9.90 Å². The van der Waals surface area contributed by atoms with Gasteiger partial charge in [0.2, 0.25) is 0 Å². The first-order valence-electron chi connectivity index (χ1n) is 11.4. The summed E-state index contributed by atoms with van der Waals surface area (Å²) in [5.74, 6) is 0.590. The second-order valence-electron chi connectivity index (χ2n) is 7.88. The molecule has 4 N–H and O–H groups in total. The molecule has 2 unspecified atom stereocenters. The van der Waals surface area contributed by atoms with Crippen LogP contribution in [0, 0.1) is 0 Å². The first-order valence-corrected chi connectivity index (χ1v) is 11.4. The molecule has 2 aromatic rings. The summed E-state index contributed by atoms with van der Waals surface area (Å²) in [6.45, 7) is 5.11. The molecule has 2 aromatic carbocycles. The Kier molecular flexibility index (Phi) is 12.2. The van der Waals surface area contributed by atoms with E-state index in [-0.39, 0.29) is 36.0 Å². The number of hydrogen-bond donors (Lipinski definition) is 4. The maximum Gasteiger partial charge on any atom is 0.251 e. The smallest absolute Gasteiger partial charge is 0.251 e. The van der Waals surface area contributed by atoms with E-state index in [2.05, 4.69) is 20.9 Å². The highest BCUT2D eigenvalue weighted by molar-refractivity contribution is 14.0. The predicted octanol–water partition coefficient (Wildman–Crippen LogP) is 3.39. The minimum atomic E-state index is -0.517. The molecular weight excluding hydrogens is 531 g/mol. The number of hydrogen-bond acceptors (Lipinski definition) is 4. The van der Waals surface area contributed by atoms with Gasteiger partial charge in [0.25, 0.3) is 5.91 Å². The van der Waals surface area contributed by atoms with Crippen LogP contribution in [0.5, 0.6) is 0 Å². The average Bonchev–Trinajstić information content (AvgIpc) is 3.35. The third-order valence-electron chi connectivity index (χ3n) is 5.36. The molecule has 33 heavy (non-hydrogen) atoms. The van der Waals surface area contributed by atoms with E-state index < -0.39 is 6.10 Å². The van der Waals surface area contributed by atoms with Gasteiger partial charge in [0.1, 0.15) is 0 Å². The van der Waals surface area contributed by atoms with Crippen LogP contribution >= 0.6 is 24.0 Å². The van der Waals surface area contributed by atoms with Crippen molar-refractivity contribution in [3.05, 3.63) is 71.3 Å². The van der Waals surface area contributed by atoms with E-state index in [1.54, 1.807) is 0 Å². The fourth-order valence-electron chi connectivity index (χ4n) is 3.61. The number of halogens is 1. The second-order valence-corrected chi connectivity index (χ2v) is 7.88. The minimum Gasteiger partial charge on any atom is -0.388 e. The number of ether oxygens (including phenoxy) is 1. The Morgan fingerprint density at radius 2 is 1.97 bits per heavy atom. The standard InChI is InChI=1S/C25H34N4O3.HI/c1-2-26-25(27-14-13-23(30)20-9-4-3-5-10-20)29-17-19-8-6-11-21(16-19)24(31)28-18-22-12-7-15-32-22;/h3-6,8-11,16,22-23,30H,2,7,12-15,17-18H2,1H3,(H,28,31)(H2,26,27,29);1H. The number of rotatable bonds is 10. The van der Waals surface area contributed by atoms with Crippen molar-refractivity contribution in [2.75, 3.05) is 26.2 Å². The third kappa shape index (κ3) is 9.30. The summed E-state index contributed by atoms with van der Waals surface area (Å²) in [6, 6.07) is 17.2. The summed E-state index contributed by atoms with van der Waals surface area (Å²) in [7, 11) is 0. The average molecular weight is 566 g/mol. The summed E-state index contributed by atoms with van der Waals surface area (Å²) in [5.41, 5.74) is 2.49. The van der Waals surface area contributed by atoms with Crippen LogP contribution in [0.4, 0.5) is 0 Å². The number of benzene rings is 2. The lowest BCUT2D eigenvalue weighted by Crippen LogP contribution is -2.38. The van der Waals surface area contributed by atoms with E-state index in [1.165, 1.54) is 0 Å². The Morgan fingerprint density at radius 1 is 1.15 bits per heavy atom. The van der Waals surface area contributed by atoms with Gasteiger partial charge in [0.05, 0.1) is 18.8 Å². The normalized spacial score (nSPS) is 16.5. The highest BCUT2D eigenvalue weighted by atomic mass is 127. The molecule has 0 saturated carbocycles. The molecule has 0 spiro atoms. The fourth-order valence-corrected chi connectivity index (χ4v) is 3.61. The SMILES string of the molecule is CCNC(=NCc1cccc(C(=O)NCC2CCCO2)c1)NCCC(O)c1ccccc1.I. The molecule has 0 aromatic heterocycles. The lowest BCUT2D eigenvalue weighted by molar-refractivity contribution is 0.0857. The molecule has 7 nitrogen and oxygen atoms in total. The zero-order chi connectivity index (χ0) is 22.6. The van der Waals surface area contributed by atoms with Crippen molar-refractivity contribution in [2.24, 2.45) is 4.99 Å². The highest BCUT2D eigenvalue weighted by Gasteiger charge is 2.16. The van der Waals surface area contributed by atoms with Crippen LogP contribution in [0.25, 0.3) is 0 Å². The summed E-state index contributed by atoms with van der Waals surface area (Å²) < 4.78 is 5.56. The van der Waals surface area contributed by atoms with Crippen LogP contribution in [0.3, 0.4) is 0 Å². The number of aliphatic imine (C=N–C) groups is 1. The first-order chi connectivity index (χ1) is 15.7. The van der Waals surface area contributed by atoms with Gasteiger partial charge in [0, 0.05) is 31.8 Å². The Morgan fingerprint density at radius 3 is 2.70 bits per heavy atom. The molecule has 0 bridgehead atoms. The molecule has 1 saturated heterocycles. The first kappa shape index (κ1) is 27.1. The van der Waals surface area contributed by atoms with Crippen LogP contribution < -0.4 is 16.0 Å². The number of aliphatic hydroxyl groups excluding tert-OH is 1. The molecule has 0 radical (unpaired) electrons. The maximum atomic E-state index is 12.5. The molecule has 1 heterocycles. The Bertz CT molecular complexity index is 873. The molecule has 180 valence electrons. The Labute approximate surface area is 213 Å². The topological polar surface area (TPSA) is 95.0 Å². The van der Waals surface area contributed by atoms with Crippen molar-refractivity contribution >= 4 is 35.8 Å². The van der Waals surface area contributed by atoms with Crippen molar-refractivity contribution in [3.63, 3.8) is 0 Å². The quantitative estimate of drug-likeness (QED) is 0.201. The van der Waals surface area contributed by atoms with Gasteiger partial charge in [-0.3, -0.25) is 4.79 Å². The van der Waals surface area contributed by atoms with Crippen LogP contribution in [0.1, 0.15) is 53.8 Å². The van der Waals surface area contributed by atoms with E-state index in [0.717, 1.165) is 37.1 Å². The molecular formula is C25H35IN4O3. The summed E-state index contributed by atoms with van der Waals surface area (Å²) in [5, 5.41) is 19.8. The van der Waals surface area contributed by atoms with Gasteiger partial charge in [-0.15, -0.1) is 24.0 Å². The maximum absolute atomic E-state index is 12.5. The summed E-state index contributed by atoms with van der Waals surface area (Å²) in [6.07, 6.45) is 2.24. The summed E-state index contributed by atoms with van der Waals surface area (Å²) in [4.78, 5) is 17.1. The van der Waals surface area contributed by atoms with Crippen molar-refractivity contribution in [3.8, 4) is 0 Å². The van der Waals surface area contributed by atoms with Gasteiger partial charge in [-0.05, 0) is 49.4 Å². The highest BCUT2D eigenvalue weighted by Crippen LogP contribution is 2.15. The van der Waals surface area contributed by atoms with Crippen molar-refractivity contribution < 1.29 is 14.6 Å². The fraction of sp³-hybridized carbons (Fsp3) is 0.440. The zero-order valence-corrected chi connectivity index (χ0v) is 21.5. The largest absolute Gasteiger partial charge is 0.388 e. The minimum absolute atomic E-state index is 0. The van der Waals surface area contributed by atoms with E-state index >= 15 is 0 Å². The second kappa shape index (κ2) is 14.9. The molecule has 8 heteroatoms. The van der Waals surface area contributed by atoms with Crippen LogP contribution in [0.15, 0.2) is 59.6 Å². The lowest BCUT2D eigenvalue weighted by Gasteiger charge is -2.14. The van der Waals surface area contributed by atoms with E-state index in [4.69, 9.17) is 4.74 Å². The Balaban J connectivity index is 0.00000385. The number of aliphatic hydroxyl groups is 1. The van der Waals surface area contributed by atoms with Crippen LogP contribution in [-0.2, 0) is 11.3 Å². The molecule has 1 aliphatic rings. The van der Waals surface area contributed by atoms with Crippen molar-refractivity contribution in [1.82, 2.24) is 16.0 Å². The molecule has 1 aliphatic heterocycles. The van der Waals surface area contributed by atoms with Gasteiger partial charge in [-0.25, -0.2) is 4.99 Å². The molecule has 0 aliphatic carbocycles. The van der Waals surface area contributed by atoms with Gasteiger partial charge in [0.15, 0.2) is 5.96 Å². The van der Waals surface area contributed by atoms with Gasteiger partial charge in [-0.2, -0.15) is 0 Å². The number of carbonyl (C=O) groups is 1. The van der Waals surface area contributed by atoms with Gasteiger partial charge >= 0.3 is 0 Å². The zero-order valence-electron chi connectivity index (χ0n) is 19.1. The summed E-state index contributed by atoms with van der Waals surface area (Å²) >= 11 is 0. The predicted molar refractivity (Wildman–Crippen MR) is 142 cm³/mol. The van der Waals surface area contributed by atoms with Gasteiger partial charge < -0.3 is 25.8 Å². The number of guanidine groups is 1. The van der Waals surface area contributed by atoms with Crippen LogP contribution in [-0.4, -0.2) is 49.3 Å². The lowest BCUT2D eigenvalue weighted by atomic mass is 10.1. The number of carbonyl (C=O) groups excluding carboxylic acids is 1. The monoisotopic (exact) mass is 566 g/mol. The number of nitrogens with zero attached hydrogens (tertiary/aromatic N) is 1. The number of amides is 1. The molecule has 2 atom stereocenters. The van der Waals surface area contributed by atoms with E-state index in [0.29, 0.717) is 37.6 Å². The Hall–Kier alpha value is -2.17. The van der Waals surface area contributed by atoms with Crippen LogP contribution in [0.2, 0.25) is 0 Å². The molecule has 1 fully saturated rings. The number of nitrogens with one attached hydrogen (secondary N) is 3. The third-order valence-corrected chi connectivity index (χ3v) is 5.36. The van der Waals surface area contributed by atoms with Crippen molar-refractivity contribution in [2.45, 2.75) is 44.9 Å². The van der Waals surface area contributed by atoms with E-state index in [1.807, 2.05) is 61.5 Å². The van der Waals surface area contributed by atoms with Crippen molar-refractivity contribution in [1.29, 1.82) is 0 Å². The van der Waals surface area contributed by atoms with Gasteiger partial charge in [-0.1, -0.05) is 42.5 Å². The molecule has 1 amide bonds. The molecule has 3 rings (SSSR count).